The molecule has 0 unspecified atom stereocenters. The molecule has 0 aliphatic carbocycles. The van der Waals surface area contributed by atoms with Gasteiger partial charge in [-0.05, 0) is 43.2 Å². The van der Waals surface area contributed by atoms with Crippen LogP contribution in [0.15, 0.2) is 53.4 Å². The van der Waals surface area contributed by atoms with Crippen LogP contribution in [-0.4, -0.2) is 17.9 Å². The molecule has 0 N–H and O–H groups in total. The molecule has 3 aromatic rings. The van der Waals surface area contributed by atoms with Crippen LogP contribution in [0.25, 0.3) is 6.08 Å². The summed E-state index contributed by atoms with van der Waals surface area (Å²) in [5.74, 6) is 0.786. The van der Waals surface area contributed by atoms with Crippen molar-refractivity contribution in [1.82, 2.24) is 4.98 Å². The molecular formula is C23H20N2O3S. The Morgan fingerprint density at radius 1 is 1.21 bits per heavy atom. The second-order valence-corrected chi connectivity index (χ2v) is 7.43. The highest BCUT2D eigenvalue weighted by Crippen LogP contribution is 2.30. The molecule has 6 heteroatoms. The third kappa shape index (κ3) is 4.89. The number of aryl methyl sites for hydroxylation is 2. The Hall–Kier alpha value is -3.43. The average molecular weight is 404 g/mol. The van der Waals surface area contributed by atoms with Crippen molar-refractivity contribution in [3.8, 4) is 17.6 Å². The number of hydrogen-bond acceptors (Lipinski definition) is 6. The molecule has 0 saturated carbocycles. The molecule has 1 aromatic heterocycles. The molecule has 0 radical (unpaired) electrons. The number of nitriles is 1. The molecule has 0 aliphatic heterocycles. The van der Waals surface area contributed by atoms with Gasteiger partial charge in [0.1, 0.15) is 18.2 Å². The first-order valence-electron chi connectivity index (χ1n) is 8.95. The highest BCUT2D eigenvalue weighted by Gasteiger charge is 2.15. The predicted molar refractivity (Wildman–Crippen MR) is 113 cm³/mol. The summed E-state index contributed by atoms with van der Waals surface area (Å²) in [6.07, 6.45) is 1.56. The number of rotatable bonds is 7. The smallest absolute Gasteiger partial charge is 0.203 e. The monoisotopic (exact) mass is 404 g/mol. The minimum Gasteiger partial charge on any atom is -0.493 e. The Balaban J connectivity index is 1.83. The standard InChI is InChI=1S/C23H20N2O3S/c1-15-6-4-5-7-20(15)23(26)18(12-24)10-17-8-9-21(22(11-17)27-3)28-13-19-14-29-16(2)25-19/h4-11,14H,13H2,1-3H3/b18-10+. The Kier molecular flexibility index (Phi) is 6.43. The summed E-state index contributed by atoms with van der Waals surface area (Å²) in [5.41, 5.74) is 2.95. The second kappa shape index (κ2) is 9.18. The van der Waals surface area contributed by atoms with E-state index in [1.807, 2.05) is 37.4 Å². The summed E-state index contributed by atoms with van der Waals surface area (Å²) in [5, 5.41) is 12.4. The molecule has 0 atom stereocenters. The molecule has 0 bridgehead atoms. The van der Waals surface area contributed by atoms with Crippen molar-refractivity contribution in [2.75, 3.05) is 7.11 Å². The van der Waals surface area contributed by atoms with E-state index >= 15 is 0 Å². The molecule has 0 saturated heterocycles. The van der Waals surface area contributed by atoms with Crippen LogP contribution in [-0.2, 0) is 6.61 Å². The Bertz CT molecular complexity index is 1110. The molecule has 0 fully saturated rings. The molecule has 0 amide bonds. The number of aromatic nitrogens is 1. The van der Waals surface area contributed by atoms with E-state index in [-0.39, 0.29) is 11.4 Å². The molecule has 0 aliphatic rings. The zero-order chi connectivity index (χ0) is 20.8. The molecule has 3 rings (SSSR count). The number of carbonyl (C=O) groups excluding carboxylic acids is 1. The highest BCUT2D eigenvalue weighted by molar-refractivity contribution is 7.09. The van der Waals surface area contributed by atoms with Crippen LogP contribution < -0.4 is 9.47 Å². The van der Waals surface area contributed by atoms with Crippen molar-refractivity contribution in [3.05, 3.63) is 80.8 Å². The van der Waals surface area contributed by atoms with Crippen molar-refractivity contribution in [3.63, 3.8) is 0 Å². The fraction of sp³-hybridized carbons (Fsp3) is 0.174. The van der Waals surface area contributed by atoms with Crippen molar-refractivity contribution >= 4 is 23.2 Å². The highest BCUT2D eigenvalue weighted by atomic mass is 32.1. The van der Waals surface area contributed by atoms with Crippen molar-refractivity contribution < 1.29 is 14.3 Å². The minimum absolute atomic E-state index is 0.0629. The van der Waals surface area contributed by atoms with Gasteiger partial charge in [0.25, 0.3) is 0 Å². The number of carbonyl (C=O) groups is 1. The van der Waals surface area contributed by atoms with Gasteiger partial charge in [0.15, 0.2) is 11.5 Å². The zero-order valence-electron chi connectivity index (χ0n) is 16.4. The van der Waals surface area contributed by atoms with Gasteiger partial charge in [0, 0.05) is 10.9 Å². The Labute approximate surface area is 173 Å². The Morgan fingerprint density at radius 3 is 2.66 bits per heavy atom. The van der Waals surface area contributed by atoms with Crippen LogP contribution in [0, 0.1) is 25.2 Å². The van der Waals surface area contributed by atoms with Gasteiger partial charge < -0.3 is 9.47 Å². The van der Waals surface area contributed by atoms with E-state index < -0.39 is 0 Å². The number of nitrogens with zero attached hydrogens (tertiary/aromatic N) is 2. The van der Waals surface area contributed by atoms with Gasteiger partial charge in [-0.2, -0.15) is 5.26 Å². The van der Waals surface area contributed by atoms with Crippen LogP contribution in [0.3, 0.4) is 0 Å². The summed E-state index contributed by atoms with van der Waals surface area (Å²) in [6, 6.07) is 14.5. The number of ketones is 1. The lowest BCUT2D eigenvalue weighted by atomic mass is 9.98. The van der Waals surface area contributed by atoms with Crippen molar-refractivity contribution in [2.45, 2.75) is 20.5 Å². The topological polar surface area (TPSA) is 72.2 Å². The van der Waals surface area contributed by atoms with Gasteiger partial charge in [-0.1, -0.05) is 30.3 Å². The van der Waals surface area contributed by atoms with Gasteiger partial charge in [0.2, 0.25) is 5.78 Å². The Morgan fingerprint density at radius 2 is 2.00 bits per heavy atom. The number of hydrogen-bond donors (Lipinski definition) is 0. The summed E-state index contributed by atoms with van der Waals surface area (Å²) in [4.78, 5) is 17.1. The molecular weight excluding hydrogens is 384 g/mol. The maximum absolute atomic E-state index is 12.7. The lowest BCUT2D eigenvalue weighted by Gasteiger charge is -2.11. The third-order valence-electron chi connectivity index (χ3n) is 4.30. The van der Waals surface area contributed by atoms with E-state index in [0.717, 1.165) is 16.3 Å². The molecule has 146 valence electrons. The van der Waals surface area contributed by atoms with Crippen LogP contribution in [0.4, 0.5) is 0 Å². The molecule has 2 aromatic carbocycles. The SMILES string of the molecule is COc1cc(/C=C(\C#N)C(=O)c2ccccc2C)ccc1OCc1csc(C)n1. The van der Waals surface area contributed by atoms with Crippen LogP contribution in [0.2, 0.25) is 0 Å². The number of benzene rings is 2. The van der Waals surface area contributed by atoms with E-state index in [9.17, 15) is 10.1 Å². The first-order chi connectivity index (χ1) is 14.0. The van der Waals surface area contributed by atoms with Gasteiger partial charge in [-0.15, -0.1) is 11.3 Å². The minimum atomic E-state index is -0.302. The maximum Gasteiger partial charge on any atom is 0.203 e. The second-order valence-electron chi connectivity index (χ2n) is 6.37. The molecule has 29 heavy (non-hydrogen) atoms. The summed E-state index contributed by atoms with van der Waals surface area (Å²) in [7, 11) is 1.55. The predicted octanol–water partition coefficient (Wildman–Crippen LogP) is 5.14. The molecule has 5 nitrogen and oxygen atoms in total. The maximum atomic E-state index is 12.7. The lowest BCUT2D eigenvalue weighted by Crippen LogP contribution is -2.04. The van der Waals surface area contributed by atoms with Gasteiger partial charge in [-0.3, -0.25) is 4.79 Å². The van der Waals surface area contributed by atoms with E-state index in [1.54, 1.807) is 54.9 Å². The van der Waals surface area contributed by atoms with Gasteiger partial charge in [-0.25, -0.2) is 4.98 Å². The van der Waals surface area contributed by atoms with E-state index in [1.165, 1.54) is 0 Å². The quantitative estimate of drug-likeness (QED) is 0.310. The number of ether oxygens (including phenoxy) is 2. The van der Waals surface area contributed by atoms with Crippen molar-refractivity contribution in [2.24, 2.45) is 0 Å². The van der Waals surface area contributed by atoms with Crippen molar-refractivity contribution in [1.29, 1.82) is 5.26 Å². The van der Waals surface area contributed by atoms with Gasteiger partial charge in [0.05, 0.1) is 17.8 Å². The third-order valence-corrected chi connectivity index (χ3v) is 5.12. The fourth-order valence-electron chi connectivity index (χ4n) is 2.81. The molecule has 1 heterocycles. The van der Waals surface area contributed by atoms with Crippen LogP contribution in [0.5, 0.6) is 11.5 Å². The van der Waals surface area contributed by atoms with E-state index in [2.05, 4.69) is 4.98 Å². The number of allylic oxidation sites excluding steroid dienone is 1. The lowest BCUT2D eigenvalue weighted by molar-refractivity contribution is 0.103. The zero-order valence-corrected chi connectivity index (χ0v) is 17.2. The number of methoxy groups -OCH3 is 1. The first kappa shape index (κ1) is 20.3. The average Bonchev–Trinajstić information content (AvgIpc) is 3.15. The summed E-state index contributed by atoms with van der Waals surface area (Å²) < 4.78 is 11.2. The van der Waals surface area contributed by atoms with E-state index in [0.29, 0.717) is 29.2 Å². The van der Waals surface area contributed by atoms with Crippen LogP contribution in [0.1, 0.15) is 32.2 Å². The number of thiazole rings is 1. The molecule has 0 spiro atoms. The van der Waals surface area contributed by atoms with Gasteiger partial charge >= 0.3 is 0 Å². The number of Topliss-reactive ketones (excluding diaryl/α,β-unsaturated/α-hetero) is 1. The fourth-order valence-corrected chi connectivity index (χ4v) is 3.40. The normalized spacial score (nSPS) is 11.0. The van der Waals surface area contributed by atoms with E-state index in [4.69, 9.17) is 9.47 Å². The summed E-state index contributed by atoms with van der Waals surface area (Å²) in [6.45, 7) is 4.13. The largest absolute Gasteiger partial charge is 0.493 e. The summed E-state index contributed by atoms with van der Waals surface area (Å²) >= 11 is 1.57. The first-order valence-corrected chi connectivity index (χ1v) is 9.83. The van der Waals surface area contributed by atoms with Crippen LogP contribution >= 0.6 is 11.3 Å².